The van der Waals surface area contributed by atoms with Crippen molar-refractivity contribution in [1.82, 2.24) is 19.7 Å². The van der Waals surface area contributed by atoms with Crippen molar-refractivity contribution in [2.75, 3.05) is 0 Å². The Bertz CT molecular complexity index is 1540. The van der Waals surface area contributed by atoms with E-state index in [-0.39, 0.29) is 11.2 Å². The van der Waals surface area contributed by atoms with Crippen LogP contribution in [0.3, 0.4) is 0 Å². The number of nitro benzene ring substituents is 1. The van der Waals surface area contributed by atoms with Gasteiger partial charge in [-0.15, -0.1) is 0 Å². The molecule has 1 aromatic carbocycles. The third-order valence-corrected chi connectivity index (χ3v) is 5.35. The third kappa shape index (κ3) is 3.23. The van der Waals surface area contributed by atoms with Gasteiger partial charge in [0.2, 0.25) is 0 Å². The van der Waals surface area contributed by atoms with Crippen LogP contribution in [0.15, 0.2) is 71.9 Å². The molecule has 0 aliphatic rings. The Morgan fingerprint density at radius 2 is 1.91 bits per heavy atom. The molecule has 0 radical (unpaired) electrons. The minimum absolute atomic E-state index is 0.120. The number of nitro groups is 1. The Morgan fingerprint density at radius 1 is 1.09 bits per heavy atom. The van der Waals surface area contributed by atoms with Crippen molar-refractivity contribution in [2.45, 2.75) is 12.8 Å². The zero-order valence-corrected chi connectivity index (χ0v) is 16.6. The Hall–Kier alpha value is -4.60. The van der Waals surface area contributed by atoms with Crippen molar-refractivity contribution in [3.8, 4) is 5.69 Å². The Labute approximate surface area is 180 Å². The molecule has 5 rings (SSSR count). The normalized spacial score (nSPS) is 11.2. The summed E-state index contributed by atoms with van der Waals surface area (Å²) in [6.45, 7) is 0. The Kier molecular flexibility index (Phi) is 4.59. The molecule has 0 unspecified atom stereocenters. The molecule has 0 aliphatic heterocycles. The molecule has 10 heteroatoms. The van der Waals surface area contributed by atoms with Gasteiger partial charge in [0.15, 0.2) is 12.4 Å². The summed E-state index contributed by atoms with van der Waals surface area (Å²) < 4.78 is 2.09. The topological polar surface area (TPSA) is 134 Å². The van der Waals surface area contributed by atoms with Crippen molar-refractivity contribution in [2.24, 2.45) is 0 Å². The SMILES string of the molecule is O=c1c2c(CCc3cc[n+]([O-])cc3)n[nH]c2c2cccnc2n1-c1cccc([N+](=O)[O-])c1. The lowest BCUT2D eigenvalue weighted by molar-refractivity contribution is -0.605. The number of H-pyrrole nitrogens is 1. The predicted octanol–water partition coefficient (Wildman–Crippen LogP) is 2.59. The van der Waals surface area contributed by atoms with E-state index in [0.717, 1.165) is 5.56 Å². The van der Waals surface area contributed by atoms with Gasteiger partial charge >= 0.3 is 0 Å². The van der Waals surface area contributed by atoms with Crippen molar-refractivity contribution in [3.05, 3.63) is 104 Å². The summed E-state index contributed by atoms with van der Waals surface area (Å²) in [5, 5.41) is 30.9. The van der Waals surface area contributed by atoms with Gasteiger partial charge in [-0.2, -0.15) is 9.83 Å². The van der Waals surface area contributed by atoms with E-state index < -0.39 is 4.92 Å². The molecule has 4 aromatic heterocycles. The molecule has 0 spiro atoms. The van der Waals surface area contributed by atoms with Crippen molar-refractivity contribution in [3.63, 3.8) is 0 Å². The zero-order valence-electron chi connectivity index (χ0n) is 16.6. The minimum atomic E-state index is -0.503. The summed E-state index contributed by atoms with van der Waals surface area (Å²) in [7, 11) is 0. The van der Waals surface area contributed by atoms with Gasteiger partial charge in [-0.3, -0.25) is 24.6 Å². The lowest BCUT2D eigenvalue weighted by Crippen LogP contribution is -2.23. The molecule has 0 atom stereocenters. The first-order valence-corrected chi connectivity index (χ1v) is 9.82. The van der Waals surface area contributed by atoms with Gasteiger partial charge in [-0.1, -0.05) is 6.07 Å². The maximum atomic E-state index is 13.6. The number of non-ortho nitro benzene ring substituents is 1. The van der Waals surface area contributed by atoms with Crippen molar-refractivity contribution < 1.29 is 9.65 Å². The van der Waals surface area contributed by atoms with Crippen LogP contribution in [-0.4, -0.2) is 24.7 Å². The highest BCUT2D eigenvalue weighted by Crippen LogP contribution is 2.25. The molecule has 1 N–H and O–H groups in total. The molecule has 158 valence electrons. The van der Waals surface area contributed by atoms with Crippen LogP contribution in [0.4, 0.5) is 5.69 Å². The average molecular weight is 428 g/mol. The van der Waals surface area contributed by atoms with Gasteiger partial charge in [0.05, 0.1) is 27.2 Å². The second-order valence-corrected chi connectivity index (χ2v) is 7.28. The minimum Gasteiger partial charge on any atom is -0.619 e. The number of fused-ring (bicyclic) bond motifs is 3. The van der Waals surface area contributed by atoms with Crippen LogP contribution in [0, 0.1) is 15.3 Å². The number of aromatic amines is 1. The van der Waals surface area contributed by atoms with Crippen LogP contribution in [0.2, 0.25) is 0 Å². The summed E-state index contributed by atoms with van der Waals surface area (Å²) in [6.07, 6.45) is 5.47. The van der Waals surface area contributed by atoms with Crippen molar-refractivity contribution >= 4 is 27.6 Å². The maximum Gasteiger partial charge on any atom is 0.271 e. The van der Waals surface area contributed by atoms with Gasteiger partial charge < -0.3 is 5.21 Å². The second kappa shape index (κ2) is 7.58. The molecule has 0 bridgehead atoms. The van der Waals surface area contributed by atoms with Crippen molar-refractivity contribution in [1.29, 1.82) is 0 Å². The zero-order chi connectivity index (χ0) is 22.2. The number of hydrogen-bond donors (Lipinski definition) is 1. The number of nitrogens with one attached hydrogen (secondary N) is 1. The third-order valence-electron chi connectivity index (χ3n) is 5.35. The Morgan fingerprint density at radius 3 is 2.69 bits per heavy atom. The summed E-state index contributed by atoms with van der Waals surface area (Å²) >= 11 is 0. The lowest BCUT2D eigenvalue weighted by Gasteiger charge is -2.10. The number of benzene rings is 1. The molecule has 0 amide bonds. The molecule has 10 nitrogen and oxygen atoms in total. The van der Waals surface area contributed by atoms with Gasteiger partial charge in [0, 0.05) is 35.8 Å². The molecule has 4 heterocycles. The van der Waals surface area contributed by atoms with Gasteiger partial charge in [-0.05, 0) is 36.6 Å². The van der Waals surface area contributed by atoms with Gasteiger partial charge in [-0.25, -0.2) is 4.98 Å². The summed E-state index contributed by atoms with van der Waals surface area (Å²) in [5.41, 5.74) is 2.34. The largest absolute Gasteiger partial charge is 0.619 e. The second-order valence-electron chi connectivity index (χ2n) is 7.28. The molecular formula is C22H16N6O4. The van der Waals surface area contributed by atoms with E-state index in [1.165, 1.54) is 35.2 Å². The first kappa shape index (κ1) is 19.4. The monoisotopic (exact) mass is 428 g/mol. The van der Waals surface area contributed by atoms with Crippen LogP contribution >= 0.6 is 0 Å². The quantitative estimate of drug-likeness (QED) is 0.198. The van der Waals surface area contributed by atoms with Crippen LogP contribution in [0.1, 0.15) is 11.3 Å². The van der Waals surface area contributed by atoms with E-state index in [1.807, 2.05) is 6.07 Å². The Balaban J connectivity index is 1.70. The number of pyridine rings is 3. The fraction of sp³-hybridized carbons (Fsp3) is 0.0909. The van der Waals surface area contributed by atoms with Crippen LogP contribution in [-0.2, 0) is 12.8 Å². The maximum absolute atomic E-state index is 13.6. The van der Waals surface area contributed by atoms with E-state index in [4.69, 9.17) is 0 Å². The molecule has 32 heavy (non-hydrogen) atoms. The molecule has 0 saturated carbocycles. The number of rotatable bonds is 5. The van der Waals surface area contributed by atoms with E-state index >= 15 is 0 Å². The van der Waals surface area contributed by atoms with Crippen LogP contribution < -0.4 is 10.3 Å². The molecule has 0 saturated heterocycles. The fourth-order valence-electron chi connectivity index (χ4n) is 3.82. The molecule has 5 aromatic rings. The summed E-state index contributed by atoms with van der Waals surface area (Å²) in [6, 6.07) is 12.9. The molecule has 0 fully saturated rings. The number of hydrogen-bond acceptors (Lipinski definition) is 6. The van der Waals surface area contributed by atoms with E-state index in [0.29, 0.717) is 50.9 Å². The highest BCUT2D eigenvalue weighted by Gasteiger charge is 2.19. The first-order valence-electron chi connectivity index (χ1n) is 9.82. The molecule has 0 aliphatic carbocycles. The van der Waals surface area contributed by atoms with Gasteiger partial charge in [0.1, 0.15) is 5.65 Å². The average Bonchev–Trinajstić information content (AvgIpc) is 3.24. The number of aryl methyl sites for hydroxylation is 2. The van der Waals surface area contributed by atoms with Crippen LogP contribution in [0.5, 0.6) is 0 Å². The summed E-state index contributed by atoms with van der Waals surface area (Å²) in [4.78, 5) is 28.7. The van der Waals surface area contributed by atoms with E-state index in [2.05, 4.69) is 15.2 Å². The fourth-order valence-corrected chi connectivity index (χ4v) is 3.82. The summed E-state index contributed by atoms with van der Waals surface area (Å²) in [5.74, 6) is 0. The number of aromatic nitrogens is 5. The van der Waals surface area contributed by atoms with E-state index in [9.17, 15) is 20.1 Å². The standard InChI is InChI=1S/C22H16N6O4/c29-22-19-18(7-6-14-8-11-26(30)12-9-14)24-25-20(19)17-5-2-10-23-21(17)27(22)15-3-1-4-16(13-15)28(31)32/h1-5,8-13H,6-7H2,(H,24,25). The van der Waals surface area contributed by atoms with Gasteiger partial charge in [0.25, 0.3) is 11.2 Å². The highest BCUT2D eigenvalue weighted by atomic mass is 16.6. The lowest BCUT2D eigenvalue weighted by atomic mass is 10.1. The number of nitrogens with zero attached hydrogens (tertiary/aromatic N) is 5. The first-order chi connectivity index (χ1) is 15.5. The molecular weight excluding hydrogens is 412 g/mol. The smallest absolute Gasteiger partial charge is 0.271 e. The van der Waals surface area contributed by atoms with Crippen LogP contribution in [0.25, 0.3) is 27.6 Å². The predicted molar refractivity (Wildman–Crippen MR) is 116 cm³/mol. The highest BCUT2D eigenvalue weighted by molar-refractivity contribution is 6.03. The van der Waals surface area contributed by atoms with E-state index in [1.54, 1.807) is 30.5 Å².